The molecule has 9 nitrogen and oxygen atoms in total. The van der Waals surface area contributed by atoms with Crippen LogP contribution in [0.25, 0.3) is 0 Å². The highest BCUT2D eigenvalue weighted by Crippen LogP contribution is 2.41. The Morgan fingerprint density at radius 1 is 1.10 bits per heavy atom. The molecule has 3 rings (SSSR count). The number of benzene rings is 1. The van der Waals surface area contributed by atoms with Crippen LogP contribution in [0.15, 0.2) is 30.3 Å². The minimum absolute atomic E-state index is 0.0536. The van der Waals surface area contributed by atoms with Crippen molar-refractivity contribution in [2.75, 3.05) is 5.32 Å². The smallest absolute Gasteiger partial charge is 0.238 e. The summed E-state index contributed by atoms with van der Waals surface area (Å²) in [4.78, 5) is 35.3. The van der Waals surface area contributed by atoms with Gasteiger partial charge in [-0.05, 0) is 43.0 Å². The standard InChI is InChI=1S/C20H24N6O3S2/c1-12(27)21-20-26-24-18(31-20)15-8-7-14(9-15)11-17(29)23-25-19(30)22-16(28)10-13-5-3-2-4-6-13/h2-6,14-15H,7-11H2,1H3,(H,23,29)(H,21,26,27)(H2,22,25,28,30)/t14-,15+/m1/s1. The van der Waals surface area contributed by atoms with Crippen molar-refractivity contribution in [2.24, 2.45) is 5.92 Å². The molecule has 0 aliphatic heterocycles. The molecule has 164 valence electrons. The molecule has 0 radical (unpaired) electrons. The third-order valence-corrected chi connectivity index (χ3v) is 6.07. The topological polar surface area (TPSA) is 125 Å². The molecule has 2 aromatic rings. The molecule has 1 aliphatic carbocycles. The maximum absolute atomic E-state index is 12.2. The summed E-state index contributed by atoms with van der Waals surface area (Å²) >= 11 is 6.44. The van der Waals surface area contributed by atoms with E-state index < -0.39 is 0 Å². The Morgan fingerprint density at radius 3 is 2.61 bits per heavy atom. The molecular weight excluding hydrogens is 436 g/mol. The number of hydrogen-bond acceptors (Lipinski definition) is 7. The maximum atomic E-state index is 12.2. The number of carbonyl (C=O) groups is 3. The number of nitrogens with zero attached hydrogens (tertiary/aromatic N) is 2. The molecule has 1 aromatic carbocycles. The molecule has 3 amide bonds. The van der Waals surface area contributed by atoms with E-state index in [4.69, 9.17) is 12.2 Å². The van der Waals surface area contributed by atoms with E-state index in [9.17, 15) is 14.4 Å². The molecule has 2 atom stereocenters. The third-order valence-electron chi connectivity index (χ3n) is 4.86. The number of hydrogen-bond donors (Lipinski definition) is 4. The van der Waals surface area contributed by atoms with Crippen LogP contribution in [0, 0.1) is 5.92 Å². The highest BCUT2D eigenvalue weighted by atomic mass is 32.1. The van der Waals surface area contributed by atoms with Gasteiger partial charge in [0.15, 0.2) is 5.11 Å². The number of anilines is 1. The van der Waals surface area contributed by atoms with Gasteiger partial charge in [-0.25, -0.2) is 0 Å². The lowest BCUT2D eigenvalue weighted by molar-refractivity contribution is -0.123. The summed E-state index contributed by atoms with van der Waals surface area (Å²) in [6.07, 6.45) is 3.22. The number of thiocarbonyl (C=S) groups is 1. The van der Waals surface area contributed by atoms with Gasteiger partial charge in [-0.1, -0.05) is 41.7 Å². The molecule has 4 N–H and O–H groups in total. The first-order valence-electron chi connectivity index (χ1n) is 9.92. The van der Waals surface area contributed by atoms with E-state index in [0.29, 0.717) is 11.6 Å². The molecule has 0 bridgehead atoms. The maximum Gasteiger partial charge on any atom is 0.238 e. The SMILES string of the molecule is CC(=O)Nc1nnc([C@H]2CC[C@@H](CC(=O)NNC(=S)NC(=O)Cc3ccccc3)C2)s1. The van der Waals surface area contributed by atoms with Crippen LogP contribution in [-0.4, -0.2) is 33.0 Å². The number of rotatable bonds is 6. The van der Waals surface area contributed by atoms with E-state index in [-0.39, 0.29) is 41.1 Å². The van der Waals surface area contributed by atoms with Gasteiger partial charge in [-0.3, -0.25) is 25.2 Å². The average Bonchev–Trinajstić information content (AvgIpc) is 3.36. The minimum Gasteiger partial charge on any atom is -0.302 e. The third kappa shape index (κ3) is 7.37. The second-order valence-electron chi connectivity index (χ2n) is 7.42. The summed E-state index contributed by atoms with van der Waals surface area (Å²) in [6, 6.07) is 9.32. The molecule has 1 aliphatic rings. The highest BCUT2D eigenvalue weighted by molar-refractivity contribution is 7.80. The van der Waals surface area contributed by atoms with Gasteiger partial charge in [0.2, 0.25) is 22.9 Å². The summed E-state index contributed by atoms with van der Waals surface area (Å²) < 4.78 is 0. The fourth-order valence-corrected chi connectivity index (χ4v) is 4.61. The van der Waals surface area contributed by atoms with Crippen molar-refractivity contribution in [2.45, 2.75) is 44.9 Å². The summed E-state index contributed by atoms with van der Waals surface area (Å²) in [7, 11) is 0. The van der Waals surface area contributed by atoms with Crippen molar-refractivity contribution in [3.8, 4) is 0 Å². The van der Waals surface area contributed by atoms with Gasteiger partial charge in [-0.15, -0.1) is 10.2 Å². The second kappa shape index (κ2) is 10.9. The molecule has 1 fully saturated rings. The first-order chi connectivity index (χ1) is 14.9. The van der Waals surface area contributed by atoms with E-state index in [1.165, 1.54) is 18.3 Å². The average molecular weight is 461 g/mol. The summed E-state index contributed by atoms with van der Waals surface area (Å²) in [5, 5.41) is 14.8. The van der Waals surface area contributed by atoms with Gasteiger partial charge in [0.25, 0.3) is 0 Å². The molecule has 1 saturated carbocycles. The minimum atomic E-state index is -0.257. The molecule has 0 saturated heterocycles. The zero-order valence-corrected chi connectivity index (χ0v) is 18.6. The lowest BCUT2D eigenvalue weighted by Gasteiger charge is -2.13. The first-order valence-corrected chi connectivity index (χ1v) is 11.1. The van der Waals surface area contributed by atoms with Crippen LogP contribution in [0.2, 0.25) is 0 Å². The molecule has 11 heteroatoms. The Kier molecular flexibility index (Phi) is 8.01. The van der Waals surface area contributed by atoms with Crippen LogP contribution in [0.4, 0.5) is 5.13 Å². The van der Waals surface area contributed by atoms with Gasteiger partial charge < -0.3 is 10.6 Å². The Bertz CT molecular complexity index is 949. The second-order valence-corrected chi connectivity index (χ2v) is 8.84. The summed E-state index contributed by atoms with van der Waals surface area (Å²) in [6.45, 7) is 1.43. The number of nitrogens with one attached hydrogen (secondary N) is 4. The first kappa shape index (κ1) is 22.8. The highest BCUT2D eigenvalue weighted by Gasteiger charge is 2.30. The van der Waals surface area contributed by atoms with Crippen molar-refractivity contribution in [3.63, 3.8) is 0 Å². The lowest BCUT2D eigenvalue weighted by atomic mass is 10.0. The predicted molar refractivity (Wildman–Crippen MR) is 121 cm³/mol. The molecular formula is C20H24N6O3S2. The van der Waals surface area contributed by atoms with Gasteiger partial charge in [-0.2, -0.15) is 0 Å². The molecule has 31 heavy (non-hydrogen) atoms. The van der Waals surface area contributed by atoms with E-state index >= 15 is 0 Å². The zero-order chi connectivity index (χ0) is 22.2. The van der Waals surface area contributed by atoms with Crippen LogP contribution in [0.5, 0.6) is 0 Å². The summed E-state index contributed by atoms with van der Waals surface area (Å²) in [5.41, 5.74) is 6.00. The van der Waals surface area contributed by atoms with Crippen LogP contribution in [-0.2, 0) is 20.8 Å². The van der Waals surface area contributed by atoms with E-state index in [1.807, 2.05) is 30.3 Å². The van der Waals surface area contributed by atoms with Gasteiger partial charge in [0, 0.05) is 19.3 Å². The van der Waals surface area contributed by atoms with Crippen molar-refractivity contribution >= 4 is 51.5 Å². The van der Waals surface area contributed by atoms with Gasteiger partial charge in [0.1, 0.15) is 5.01 Å². The number of carbonyl (C=O) groups excluding carboxylic acids is 3. The predicted octanol–water partition coefficient (Wildman–Crippen LogP) is 2.03. The van der Waals surface area contributed by atoms with Crippen LogP contribution >= 0.6 is 23.6 Å². The van der Waals surface area contributed by atoms with E-state index in [0.717, 1.165) is 29.8 Å². The Labute approximate surface area is 189 Å². The quantitative estimate of drug-likeness (QED) is 0.384. The monoisotopic (exact) mass is 460 g/mol. The Morgan fingerprint density at radius 2 is 1.87 bits per heavy atom. The summed E-state index contributed by atoms with van der Waals surface area (Å²) in [5.74, 6) is -0.163. The molecule has 1 heterocycles. The number of aromatic nitrogens is 2. The number of hydrazine groups is 1. The van der Waals surface area contributed by atoms with Crippen LogP contribution < -0.4 is 21.5 Å². The largest absolute Gasteiger partial charge is 0.302 e. The fourth-order valence-electron chi connectivity index (χ4n) is 3.51. The van der Waals surface area contributed by atoms with Crippen molar-refractivity contribution < 1.29 is 14.4 Å². The van der Waals surface area contributed by atoms with Crippen molar-refractivity contribution in [3.05, 3.63) is 40.9 Å². The Hall–Kier alpha value is -2.92. The number of amides is 3. The molecule has 0 spiro atoms. The zero-order valence-electron chi connectivity index (χ0n) is 17.0. The normalized spacial score (nSPS) is 17.6. The van der Waals surface area contributed by atoms with Crippen LogP contribution in [0.3, 0.4) is 0 Å². The van der Waals surface area contributed by atoms with Crippen molar-refractivity contribution in [1.29, 1.82) is 0 Å². The van der Waals surface area contributed by atoms with E-state index in [2.05, 4.69) is 31.7 Å². The fraction of sp³-hybridized carbons (Fsp3) is 0.400. The van der Waals surface area contributed by atoms with Crippen molar-refractivity contribution in [1.82, 2.24) is 26.4 Å². The Balaban J connectivity index is 1.36. The lowest BCUT2D eigenvalue weighted by Crippen LogP contribution is -2.49. The van der Waals surface area contributed by atoms with E-state index in [1.54, 1.807) is 0 Å². The molecule has 0 unspecified atom stereocenters. The van der Waals surface area contributed by atoms with Crippen LogP contribution in [0.1, 0.15) is 49.1 Å². The van der Waals surface area contributed by atoms with Gasteiger partial charge >= 0.3 is 0 Å². The molecule has 1 aromatic heterocycles. The van der Waals surface area contributed by atoms with Gasteiger partial charge in [0.05, 0.1) is 6.42 Å².